The van der Waals surface area contributed by atoms with Gasteiger partial charge in [-0.3, -0.25) is 0 Å². The fourth-order valence-corrected chi connectivity index (χ4v) is 3.70. The molecule has 0 spiro atoms. The molecule has 2 N–H and O–H groups in total. The highest BCUT2D eigenvalue weighted by molar-refractivity contribution is 5.40. The predicted octanol–water partition coefficient (Wildman–Crippen LogP) is 3.88. The van der Waals surface area contributed by atoms with E-state index in [-0.39, 0.29) is 17.3 Å². The molecule has 0 aromatic heterocycles. The van der Waals surface area contributed by atoms with E-state index < -0.39 is 0 Å². The lowest BCUT2D eigenvalue weighted by molar-refractivity contribution is 0.168. The summed E-state index contributed by atoms with van der Waals surface area (Å²) in [5, 5.41) is 0. The fourth-order valence-electron chi connectivity index (χ4n) is 3.70. The van der Waals surface area contributed by atoms with Gasteiger partial charge in [0.25, 0.3) is 0 Å². The number of nitrogens with two attached hydrogens (primary N) is 1. The molecule has 0 radical (unpaired) electrons. The van der Waals surface area contributed by atoms with Crippen molar-refractivity contribution in [2.75, 3.05) is 7.11 Å². The third kappa shape index (κ3) is 2.83. The van der Waals surface area contributed by atoms with Gasteiger partial charge in [0.2, 0.25) is 0 Å². The van der Waals surface area contributed by atoms with E-state index in [2.05, 4.69) is 20.8 Å². The summed E-state index contributed by atoms with van der Waals surface area (Å²) in [6.07, 6.45) is 3.33. The molecule has 0 aliphatic heterocycles. The topological polar surface area (TPSA) is 35.2 Å². The van der Waals surface area contributed by atoms with Crippen LogP contribution in [0.1, 0.15) is 45.6 Å². The van der Waals surface area contributed by atoms with Crippen molar-refractivity contribution >= 4 is 0 Å². The Morgan fingerprint density at radius 3 is 2.60 bits per heavy atom. The molecule has 0 amide bonds. The van der Waals surface area contributed by atoms with E-state index >= 15 is 0 Å². The van der Waals surface area contributed by atoms with E-state index in [9.17, 15) is 4.39 Å². The van der Waals surface area contributed by atoms with Crippen molar-refractivity contribution in [1.29, 1.82) is 0 Å². The smallest absolute Gasteiger partial charge is 0.123 e. The van der Waals surface area contributed by atoms with Crippen LogP contribution in [0.25, 0.3) is 0 Å². The Kier molecular flexibility index (Phi) is 4.38. The summed E-state index contributed by atoms with van der Waals surface area (Å²) in [4.78, 5) is 0. The minimum Gasteiger partial charge on any atom is -0.496 e. The second-order valence-corrected chi connectivity index (χ2v) is 6.75. The molecule has 3 heteroatoms. The number of hydrogen-bond acceptors (Lipinski definition) is 2. The summed E-state index contributed by atoms with van der Waals surface area (Å²) in [7, 11) is 1.63. The molecule has 1 aliphatic rings. The molecule has 2 nitrogen and oxygen atoms in total. The summed E-state index contributed by atoms with van der Waals surface area (Å²) in [5.74, 6) is 1.58. The third-order valence-electron chi connectivity index (χ3n) is 4.94. The second-order valence-electron chi connectivity index (χ2n) is 6.75. The SMILES string of the molecule is COc1ccc(F)cc1C(C)(C)C1CCC(C)CC1N. The van der Waals surface area contributed by atoms with Gasteiger partial charge in [0.1, 0.15) is 11.6 Å². The highest BCUT2D eigenvalue weighted by Crippen LogP contribution is 2.44. The molecule has 112 valence electrons. The van der Waals surface area contributed by atoms with Crippen molar-refractivity contribution < 1.29 is 9.13 Å². The predicted molar refractivity (Wildman–Crippen MR) is 80.5 cm³/mol. The Labute approximate surface area is 121 Å². The van der Waals surface area contributed by atoms with E-state index in [4.69, 9.17) is 10.5 Å². The van der Waals surface area contributed by atoms with Crippen LogP contribution in [0, 0.1) is 17.7 Å². The second kappa shape index (κ2) is 5.72. The van der Waals surface area contributed by atoms with E-state index in [1.165, 1.54) is 12.5 Å². The van der Waals surface area contributed by atoms with Gasteiger partial charge in [-0.25, -0.2) is 4.39 Å². The molecule has 1 aromatic carbocycles. The average Bonchev–Trinajstić information content (AvgIpc) is 2.38. The van der Waals surface area contributed by atoms with Crippen molar-refractivity contribution in [3.63, 3.8) is 0 Å². The maximum absolute atomic E-state index is 13.7. The van der Waals surface area contributed by atoms with Crippen LogP contribution >= 0.6 is 0 Å². The molecule has 0 saturated heterocycles. The van der Waals surface area contributed by atoms with Crippen LogP contribution in [0.4, 0.5) is 4.39 Å². The van der Waals surface area contributed by atoms with Crippen LogP contribution in [0.2, 0.25) is 0 Å². The molecular weight excluding hydrogens is 253 g/mol. The standard InChI is InChI=1S/C17H26FNO/c1-11-5-7-13(15(19)9-11)17(2,3)14-10-12(18)6-8-16(14)20-4/h6,8,10-11,13,15H,5,7,9,19H2,1-4H3. The normalized spacial score (nSPS) is 27.4. The first-order valence-electron chi connectivity index (χ1n) is 7.46. The molecule has 1 aliphatic carbocycles. The Bertz CT molecular complexity index is 472. The molecule has 3 unspecified atom stereocenters. The Balaban J connectivity index is 2.36. The zero-order valence-corrected chi connectivity index (χ0v) is 12.9. The lowest BCUT2D eigenvalue weighted by Crippen LogP contribution is -2.45. The van der Waals surface area contributed by atoms with Crippen LogP contribution in [0.5, 0.6) is 5.75 Å². The van der Waals surface area contributed by atoms with Crippen molar-refractivity contribution in [2.24, 2.45) is 17.6 Å². The number of rotatable bonds is 3. The van der Waals surface area contributed by atoms with Crippen LogP contribution in [0.3, 0.4) is 0 Å². The van der Waals surface area contributed by atoms with Crippen LogP contribution < -0.4 is 10.5 Å². The van der Waals surface area contributed by atoms with Gasteiger partial charge in [0.15, 0.2) is 0 Å². The summed E-state index contributed by atoms with van der Waals surface area (Å²) in [6.45, 7) is 6.57. The molecule has 1 fully saturated rings. The van der Waals surface area contributed by atoms with E-state index in [0.29, 0.717) is 11.8 Å². The summed E-state index contributed by atoms with van der Waals surface area (Å²) in [6, 6.07) is 4.93. The number of methoxy groups -OCH3 is 1. The minimum atomic E-state index is -0.216. The van der Waals surface area contributed by atoms with E-state index in [0.717, 1.165) is 24.2 Å². The van der Waals surface area contributed by atoms with Gasteiger partial charge in [-0.05, 0) is 48.3 Å². The zero-order chi connectivity index (χ0) is 14.9. The molecule has 1 aromatic rings. The Morgan fingerprint density at radius 1 is 1.30 bits per heavy atom. The Hall–Kier alpha value is -1.09. The minimum absolute atomic E-state index is 0.168. The number of ether oxygens (including phenoxy) is 1. The summed E-state index contributed by atoms with van der Waals surface area (Å²) < 4.78 is 19.1. The molecule has 0 heterocycles. The highest BCUT2D eigenvalue weighted by atomic mass is 19.1. The fraction of sp³-hybridized carbons (Fsp3) is 0.647. The molecule has 1 saturated carbocycles. The van der Waals surface area contributed by atoms with Crippen LogP contribution in [0.15, 0.2) is 18.2 Å². The first-order chi connectivity index (χ1) is 9.36. The number of hydrogen-bond donors (Lipinski definition) is 1. The molecular formula is C17H26FNO. The largest absolute Gasteiger partial charge is 0.496 e. The lowest BCUT2D eigenvalue weighted by atomic mass is 9.63. The average molecular weight is 279 g/mol. The van der Waals surface area contributed by atoms with Gasteiger partial charge in [-0.2, -0.15) is 0 Å². The van der Waals surface area contributed by atoms with Gasteiger partial charge >= 0.3 is 0 Å². The zero-order valence-electron chi connectivity index (χ0n) is 12.9. The summed E-state index contributed by atoms with van der Waals surface area (Å²) >= 11 is 0. The monoisotopic (exact) mass is 279 g/mol. The molecule has 0 bridgehead atoms. The molecule has 20 heavy (non-hydrogen) atoms. The molecule has 2 rings (SSSR count). The highest BCUT2D eigenvalue weighted by Gasteiger charge is 2.40. The van der Waals surface area contributed by atoms with Gasteiger partial charge in [-0.15, -0.1) is 0 Å². The van der Waals surface area contributed by atoms with Crippen molar-refractivity contribution in [3.8, 4) is 5.75 Å². The third-order valence-corrected chi connectivity index (χ3v) is 4.94. The number of benzene rings is 1. The van der Waals surface area contributed by atoms with E-state index in [1.54, 1.807) is 19.2 Å². The summed E-state index contributed by atoms with van der Waals surface area (Å²) in [5.41, 5.74) is 7.13. The van der Waals surface area contributed by atoms with Crippen molar-refractivity contribution in [1.82, 2.24) is 0 Å². The van der Waals surface area contributed by atoms with Crippen LogP contribution in [-0.2, 0) is 5.41 Å². The van der Waals surface area contributed by atoms with Crippen LogP contribution in [-0.4, -0.2) is 13.2 Å². The van der Waals surface area contributed by atoms with Gasteiger partial charge in [0, 0.05) is 11.6 Å². The van der Waals surface area contributed by atoms with Gasteiger partial charge < -0.3 is 10.5 Å². The first kappa shape index (κ1) is 15.3. The van der Waals surface area contributed by atoms with Gasteiger partial charge in [0.05, 0.1) is 7.11 Å². The molecule has 3 atom stereocenters. The Morgan fingerprint density at radius 2 is 2.00 bits per heavy atom. The lowest BCUT2D eigenvalue weighted by Gasteiger charge is -2.43. The quantitative estimate of drug-likeness (QED) is 0.911. The van der Waals surface area contributed by atoms with E-state index in [1.807, 2.05) is 0 Å². The maximum atomic E-state index is 13.7. The van der Waals surface area contributed by atoms with Crippen molar-refractivity contribution in [3.05, 3.63) is 29.6 Å². The number of halogens is 1. The van der Waals surface area contributed by atoms with Crippen molar-refractivity contribution in [2.45, 2.75) is 51.5 Å². The van der Waals surface area contributed by atoms with Gasteiger partial charge in [-0.1, -0.05) is 27.2 Å². The maximum Gasteiger partial charge on any atom is 0.123 e. The first-order valence-corrected chi connectivity index (χ1v) is 7.46.